The van der Waals surface area contributed by atoms with E-state index >= 15 is 0 Å². The van der Waals surface area contributed by atoms with Crippen LogP contribution in [0.4, 0.5) is 5.69 Å². The number of carbonyl (C=O) groups excluding carboxylic acids is 2. The van der Waals surface area contributed by atoms with Crippen molar-refractivity contribution in [2.75, 3.05) is 17.7 Å². The summed E-state index contributed by atoms with van der Waals surface area (Å²) in [6, 6.07) is 9.59. The van der Waals surface area contributed by atoms with Crippen LogP contribution < -0.4 is 5.32 Å². The van der Waals surface area contributed by atoms with Gasteiger partial charge in [0.1, 0.15) is 11.5 Å². The molecule has 1 N–H and O–H groups in total. The summed E-state index contributed by atoms with van der Waals surface area (Å²) in [6.45, 7) is 9.02. The molecule has 5 nitrogen and oxygen atoms in total. The smallest absolute Gasteiger partial charge is 0.231 e. The highest BCUT2D eigenvalue weighted by Gasteiger charge is 2.27. The van der Waals surface area contributed by atoms with Crippen molar-refractivity contribution in [1.82, 2.24) is 4.90 Å². The Morgan fingerprint density at radius 1 is 1.28 bits per heavy atom. The lowest BCUT2D eigenvalue weighted by Gasteiger charge is -2.26. The Balaban J connectivity index is 1.76. The lowest BCUT2D eigenvalue weighted by molar-refractivity contribution is -0.133. The number of amides is 2. The number of furan rings is 1. The lowest BCUT2D eigenvalue weighted by Crippen LogP contribution is -2.35. The van der Waals surface area contributed by atoms with E-state index in [-0.39, 0.29) is 17.7 Å². The van der Waals surface area contributed by atoms with E-state index < -0.39 is 5.41 Å². The van der Waals surface area contributed by atoms with Crippen LogP contribution in [-0.4, -0.2) is 29.1 Å². The summed E-state index contributed by atoms with van der Waals surface area (Å²) in [7, 11) is 0. The predicted octanol–water partition coefficient (Wildman–Crippen LogP) is 5.08. The first-order chi connectivity index (χ1) is 13.7. The number of hydrogen-bond donors (Lipinski definition) is 1. The summed E-state index contributed by atoms with van der Waals surface area (Å²) in [5.41, 5.74) is 2.00. The fourth-order valence-electron chi connectivity index (χ4n) is 3.28. The molecule has 156 valence electrons. The van der Waals surface area contributed by atoms with Gasteiger partial charge in [0.25, 0.3) is 0 Å². The van der Waals surface area contributed by atoms with E-state index in [2.05, 4.69) is 19.2 Å². The maximum Gasteiger partial charge on any atom is 0.231 e. The molecule has 0 atom stereocenters. The van der Waals surface area contributed by atoms with E-state index in [4.69, 9.17) is 16.0 Å². The van der Waals surface area contributed by atoms with Crippen molar-refractivity contribution in [1.29, 1.82) is 0 Å². The van der Waals surface area contributed by atoms with E-state index in [1.807, 2.05) is 49.1 Å². The Bertz CT molecular complexity index is 901. The molecule has 1 aliphatic heterocycles. The molecule has 2 aromatic rings. The molecular weight excluding hydrogens is 388 g/mol. The summed E-state index contributed by atoms with van der Waals surface area (Å²) in [5.74, 6) is 2.36. The normalized spacial score (nSPS) is 14.1. The number of rotatable bonds is 6. The van der Waals surface area contributed by atoms with Crippen molar-refractivity contribution in [3.05, 3.63) is 41.7 Å². The summed E-state index contributed by atoms with van der Waals surface area (Å²) < 4.78 is 6.08. The first-order valence-electron chi connectivity index (χ1n) is 10.1. The lowest BCUT2D eigenvalue weighted by atomic mass is 9.95. The molecule has 0 saturated heterocycles. The van der Waals surface area contributed by atoms with Crippen molar-refractivity contribution in [2.24, 2.45) is 11.3 Å². The van der Waals surface area contributed by atoms with Gasteiger partial charge in [-0.1, -0.05) is 26.0 Å². The van der Waals surface area contributed by atoms with Crippen LogP contribution >= 0.6 is 11.6 Å². The van der Waals surface area contributed by atoms with Gasteiger partial charge in [0.05, 0.1) is 5.41 Å². The molecule has 2 amide bonds. The van der Waals surface area contributed by atoms with Gasteiger partial charge in [-0.25, -0.2) is 0 Å². The van der Waals surface area contributed by atoms with Crippen LogP contribution in [0.15, 0.2) is 34.7 Å². The number of carbonyl (C=O) groups is 2. The molecule has 0 spiro atoms. The molecule has 6 heteroatoms. The standard InChI is InChI=1S/C23H29ClN2O3/c1-15(2)10-21(27)26-9-8-19-17(13-26)12-20(29-19)16-6-5-7-18(11-16)25-22(28)23(3,4)14-24/h5-7,11-12,15H,8-10,13-14H2,1-4H3,(H,25,28). The number of alkyl halides is 1. The third-order valence-electron chi connectivity index (χ3n) is 5.16. The molecule has 1 aromatic carbocycles. The molecule has 2 heterocycles. The van der Waals surface area contributed by atoms with Crippen molar-refractivity contribution in [3.8, 4) is 11.3 Å². The molecule has 3 rings (SSSR count). The number of nitrogens with zero attached hydrogens (tertiary/aromatic N) is 1. The summed E-state index contributed by atoms with van der Waals surface area (Å²) >= 11 is 5.90. The first-order valence-corrected chi connectivity index (χ1v) is 10.6. The third-order valence-corrected chi connectivity index (χ3v) is 5.82. The molecule has 0 radical (unpaired) electrons. The topological polar surface area (TPSA) is 62.6 Å². The van der Waals surface area contributed by atoms with Gasteiger partial charge < -0.3 is 14.6 Å². The van der Waals surface area contributed by atoms with E-state index in [0.717, 1.165) is 29.1 Å². The highest BCUT2D eigenvalue weighted by molar-refractivity contribution is 6.20. The van der Waals surface area contributed by atoms with Crippen molar-refractivity contribution < 1.29 is 14.0 Å². The van der Waals surface area contributed by atoms with Gasteiger partial charge in [0.2, 0.25) is 11.8 Å². The van der Waals surface area contributed by atoms with Gasteiger partial charge in [-0.15, -0.1) is 11.6 Å². The van der Waals surface area contributed by atoms with Crippen molar-refractivity contribution in [3.63, 3.8) is 0 Å². The fourth-order valence-corrected chi connectivity index (χ4v) is 3.40. The molecule has 1 aromatic heterocycles. The summed E-state index contributed by atoms with van der Waals surface area (Å²) in [6.07, 6.45) is 1.29. The molecule has 1 aliphatic rings. The van der Waals surface area contributed by atoms with Gasteiger partial charge in [0.15, 0.2) is 0 Å². The van der Waals surface area contributed by atoms with Gasteiger partial charge >= 0.3 is 0 Å². The van der Waals surface area contributed by atoms with Gasteiger partial charge in [-0.05, 0) is 38.0 Å². The number of halogens is 1. The molecule has 0 fully saturated rings. The second-order valence-electron chi connectivity index (χ2n) is 8.77. The zero-order valence-electron chi connectivity index (χ0n) is 17.5. The van der Waals surface area contributed by atoms with Gasteiger partial charge in [0, 0.05) is 48.6 Å². The van der Waals surface area contributed by atoms with Crippen LogP contribution in [0, 0.1) is 11.3 Å². The zero-order chi connectivity index (χ0) is 21.2. The SMILES string of the molecule is CC(C)CC(=O)N1CCc2oc(-c3cccc(NC(=O)C(C)(C)CCl)c3)cc2C1. The van der Waals surface area contributed by atoms with Gasteiger partial charge in [-0.3, -0.25) is 9.59 Å². The minimum absolute atomic E-state index is 0.123. The van der Waals surface area contributed by atoms with Crippen LogP contribution in [0.3, 0.4) is 0 Å². The minimum atomic E-state index is -0.646. The Hall–Kier alpha value is -2.27. The van der Waals surface area contributed by atoms with E-state index in [1.165, 1.54) is 0 Å². The van der Waals surface area contributed by atoms with Crippen LogP contribution in [-0.2, 0) is 22.6 Å². The Labute approximate surface area is 177 Å². The second kappa shape index (κ2) is 8.62. The van der Waals surface area contributed by atoms with Crippen molar-refractivity contribution in [2.45, 2.75) is 47.1 Å². The number of fused-ring (bicyclic) bond motifs is 1. The molecule has 29 heavy (non-hydrogen) atoms. The Morgan fingerprint density at radius 2 is 2.03 bits per heavy atom. The predicted molar refractivity (Wildman–Crippen MR) is 116 cm³/mol. The van der Waals surface area contributed by atoms with Gasteiger partial charge in [-0.2, -0.15) is 0 Å². The second-order valence-corrected chi connectivity index (χ2v) is 9.04. The molecule has 0 saturated carbocycles. The number of nitrogens with one attached hydrogen (secondary N) is 1. The largest absolute Gasteiger partial charge is 0.461 e. The maximum atomic E-state index is 12.4. The van der Waals surface area contributed by atoms with E-state index in [1.54, 1.807) is 0 Å². The average molecular weight is 417 g/mol. The summed E-state index contributed by atoms with van der Waals surface area (Å²) in [4.78, 5) is 26.7. The third kappa shape index (κ3) is 5.02. The number of hydrogen-bond acceptors (Lipinski definition) is 3. The molecule has 0 unspecified atom stereocenters. The minimum Gasteiger partial charge on any atom is -0.461 e. The number of anilines is 1. The summed E-state index contributed by atoms with van der Waals surface area (Å²) in [5, 5.41) is 2.93. The number of benzene rings is 1. The maximum absolute atomic E-state index is 12.4. The fraction of sp³-hybridized carbons (Fsp3) is 0.478. The Kier molecular flexibility index (Phi) is 6.37. The molecule has 0 bridgehead atoms. The van der Waals surface area contributed by atoms with E-state index in [9.17, 15) is 9.59 Å². The zero-order valence-corrected chi connectivity index (χ0v) is 18.3. The van der Waals surface area contributed by atoms with E-state index in [0.29, 0.717) is 31.1 Å². The van der Waals surface area contributed by atoms with Crippen LogP contribution in [0.1, 0.15) is 45.4 Å². The molecular formula is C23H29ClN2O3. The van der Waals surface area contributed by atoms with Crippen LogP contribution in [0.25, 0.3) is 11.3 Å². The highest BCUT2D eigenvalue weighted by Crippen LogP contribution is 2.31. The van der Waals surface area contributed by atoms with Crippen molar-refractivity contribution >= 4 is 29.1 Å². The first kappa shape index (κ1) is 21.4. The quantitative estimate of drug-likeness (QED) is 0.668. The Morgan fingerprint density at radius 3 is 2.72 bits per heavy atom. The molecule has 0 aliphatic carbocycles. The monoisotopic (exact) mass is 416 g/mol. The van der Waals surface area contributed by atoms with Crippen LogP contribution in [0.5, 0.6) is 0 Å². The highest BCUT2D eigenvalue weighted by atomic mass is 35.5. The van der Waals surface area contributed by atoms with Crippen LogP contribution in [0.2, 0.25) is 0 Å². The average Bonchev–Trinajstić information content (AvgIpc) is 3.11.